The fraction of sp³-hybridized carbons (Fsp3) is 0.625. The van der Waals surface area contributed by atoms with Crippen molar-refractivity contribution < 1.29 is 14.3 Å². The monoisotopic (exact) mass is 385 g/mol. The normalized spacial score (nSPS) is 25.1. The smallest absolute Gasteiger partial charge is 0.305 e. The minimum absolute atomic E-state index is 0.112. The Morgan fingerprint density at radius 3 is 2.54 bits per heavy atom. The van der Waals surface area contributed by atoms with Gasteiger partial charge in [0, 0.05) is 12.5 Å². The van der Waals surface area contributed by atoms with Crippen molar-refractivity contribution in [3.63, 3.8) is 0 Å². The van der Waals surface area contributed by atoms with E-state index in [1.807, 2.05) is 6.92 Å². The zero-order valence-corrected chi connectivity index (χ0v) is 17.4. The first-order valence-corrected chi connectivity index (χ1v) is 11.0. The van der Waals surface area contributed by atoms with Crippen molar-refractivity contribution in [3.8, 4) is 5.75 Å². The molecular formula is C24H35NO3. The molecule has 1 aromatic carbocycles. The maximum Gasteiger partial charge on any atom is 0.305 e. The summed E-state index contributed by atoms with van der Waals surface area (Å²) in [6, 6.07) is 8.80. The maximum atomic E-state index is 11.6. The number of esters is 1. The van der Waals surface area contributed by atoms with Gasteiger partial charge in [0.05, 0.1) is 12.7 Å². The highest BCUT2D eigenvalue weighted by molar-refractivity contribution is 5.70. The minimum atomic E-state index is -0.112. The molecule has 4 nitrogen and oxygen atoms in total. The Morgan fingerprint density at radius 2 is 1.86 bits per heavy atom. The summed E-state index contributed by atoms with van der Waals surface area (Å²) in [6.45, 7) is 5.53. The summed E-state index contributed by atoms with van der Waals surface area (Å²) in [4.78, 5) is 11.6. The fourth-order valence-corrected chi connectivity index (χ4v) is 4.31. The Morgan fingerprint density at radius 1 is 1.11 bits per heavy atom. The first kappa shape index (κ1) is 20.9. The Balaban J connectivity index is 1.53. The van der Waals surface area contributed by atoms with Crippen LogP contribution in [0.15, 0.2) is 30.3 Å². The lowest BCUT2D eigenvalue weighted by Gasteiger charge is -2.28. The van der Waals surface area contributed by atoms with Crippen LogP contribution in [0.5, 0.6) is 5.75 Å². The van der Waals surface area contributed by atoms with Crippen molar-refractivity contribution in [1.29, 1.82) is 0 Å². The first-order valence-electron chi connectivity index (χ1n) is 11.0. The second kappa shape index (κ2) is 10.7. The highest BCUT2D eigenvalue weighted by Gasteiger charge is 2.21. The first-order chi connectivity index (χ1) is 13.7. The average Bonchev–Trinajstić information content (AvgIpc) is 2.74. The summed E-state index contributed by atoms with van der Waals surface area (Å²) in [6.07, 6.45) is 11.1. The van der Waals surface area contributed by atoms with Crippen LogP contribution in [0.4, 0.5) is 0 Å². The molecule has 154 valence electrons. The van der Waals surface area contributed by atoms with Crippen molar-refractivity contribution in [3.05, 3.63) is 35.9 Å². The van der Waals surface area contributed by atoms with Crippen LogP contribution in [0.1, 0.15) is 70.8 Å². The highest BCUT2D eigenvalue weighted by Crippen LogP contribution is 2.30. The van der Waals surface area contributed by atoms with Crippen molar-refractivity contribution in [2.45, 2.75) is 77.4 Å². The van der Waals surface area contributed by atoms with Crippen molar-refractivity contribution in [2.75, 3.05) is 13.2 Å². The van der Waals surface area contributed by atoms with Crippen LogP contribution in [0.25, 0.3) is 5.57 Å². The van der Waals surface area contributed by atoms with Crippen LogP contribution < -0.4 is 10.1 Å². The third-order valence-electron chi connectivity index (χ3n) is 6.07. The van der Waals surface area contributed by atoms with Gasteiger partial charge in [-0.1, -0.05) is 31.6 Å². The van der Waals surface area contributed by atoms with E-state index in [-0.39, 0.29) is 12.0 Å². The molecule has 4 heteroatoms. The number of nitrogens with one attached hydrogen (secondary N) is 1. The molecule has 0 amide bonds. The van der Waals surface area contributed by atoms with Crippen LogP contribution in [0, 0.1) is 5.92 Å². The molecule has 3 rings (SSSR count). The molecule has 28 heavy (non-hydrogen) atoms. The van der Waals surface area contributed by atoms with Gasteiger partial charge in [-0.15, -0.1) is 0 Å². The maximum absolute atomic E-state index is 11.6. The van der Waals surface area contributed by atoms with Crippen LogP contribution >= 0.6 is 0 Å². The lowest BCUT2D eigenvalue weighted by Crippen LogP contribution is -2.32. The number of carbonyl (C=O) groups excluding carboxylic acids is 1. The standard InChI is InChI=1S/C24H35NO3/c1-3-18-5-10-22(11-6-18)28-23-12-7-19(8-13-23)20-15-16-25-21(17-20)9-14-24(26)27-4-2/h7-8,12-13,17-18,21-22,25H,3-6,9-11,14-16H2,1-2H3/t18-,21?,22+. The van der Waals surface area contributed by atoms with Gasteiger partial charge in [-0.25, -0.2) is 0 Å². The zero-order valence-electron chi connectivity index (χ0n) is 17.4. The molecule has 1 aliphatic carbocycles. The van der Waals surface area contributed by atoms with Gasteiger partial charge in [0.1, 0.15) is 5.75 Å². The van der Waals surface area contributed by atoms with Gasteiger partial charge in [0.15, 0.2) is 0 Å². The molecule has 0 aromatic heterocycles. The van der Waals surface area contributed by atoms with E-state index in [9.17, 15) is 4.79 Å². The van der Waals surface area contributed by atoms with Crippen molar-refractivity contribution >= 4 is 11.5 Å². The Hall–Kier alpha value is -1.81. The Kier molecular flexibility index (Phi) is 7.96. The van der Waals surface area contributed by atoms with E-state index in [1.54, 1.807) is 0 Å². The van der Waals surface area contributed by atoms with E-state index in [1.165, 1.54) is 43.2 Å². The molecule has 2 aliphatic rings. The third kappa shape index (κ3) is 6.10. The Labute approximate surface area is 169 Å². The van der Waals surface area contributed by atoms with E-state index in [4.69, 9.17) is 9.47 Å². The lowest BCUT2D eigenvalue weighted by molar-refractivity contribution is -0.143. The summed E-state index contributed by atoms with van der Waals surface area (Å²) in [7, 11) is 0. The van der Waals surface area contributed by atoms with Crippen molar-refractivity contribution in [2.24, 2.45) is 5.92 Å². The van der Waals surface area contributed by atoms with Crippen molar-refractivity contribution in [1.82, 2.24) is 5.32 Å². The number of benzene rings is 1. The second-order valence-corrected chi connectivity index (χ2v) is 8.04. The highest BCUT2D eigenvalue weighted by atomic mass is 16.5. The molecule has 1 heterocycles. The summed E-state index contributed by atoms with van der Waals surface area (Å²) in [5, 5.41) is 3.48. The predicted molar refractivity (Wildman–Crippen MR) is 113 cm³/mol. The summed E-state index contributed by atoms with van der Waals surface area (Å²) < 4.78 is 11.2. The molecule has 0 bridgehead atoms. The number of hydrogen-bond donors (Lipinski definition) is 1. The fourth-order valence-electron chi connectivity index (χ4n) is 4.31. The van der Waals surface area contributed by atoms with Crippen LogP contribution in [0.2, 0.25) is 0 Å². The number of rotatable bonds is 8. The van der Waals surface area contributed by atoms with E-state index in [0.717, 1.165) is 31.1 Å². The predicted octanol–water partition coefficient (Wildman–Crippen LogP) is 5.12. The molecule has 0 radical (unpaired) electrons. The largest absolute Gasteiger partial charge is 0.490 e. The third-order valence-corrected chi connectivity index (χ3v) is 6.07. The van der Waals surface area contributed by atoms with Gasteiger partial charge >= 0.3 is 5.97 Å². The molecule has 1 fully saturated rings. The molecule has 1 N–H and O–H groups in total. The molecule has 0 saturated heterocycles. The molecule has 1 aromatic rings. The van der Waals surface area contributed by atoms with Gasteiger partial charge in [0.25, 0.3) is 0 Å². The number of carbonyl (C=O) groups is 1. The topological polar surface area (TPSA) is 47.6 Å². The van der Waals surface area contributed by atoms with Crippen LogP contribution in [-0.4, -0.2) is 31.3 Å². The summed E-state index contributed by atoms with van der Waals surface area (Å²) in [5.41, 5.74) is 2.60. The van der Waals surface area contributed by atoms with Gasteiger partial charge in [-0.2, -0.15) is 0 Å². The summed E-state index contributed by atoms with van der Waals surface area (Å²) in [5.74, 6) is 1.77. The minimum Gasteiger partial charge on any atom is -0.490 e. The van der Waals surface area contributed by atoms with Gasteiger partial charge in [-0.3, -0.25) is 4.79 Å². The van der Waals surface area contributed by atoms with Gasteiger partial charge < -0.3 is 14.8 Å². The molecule has 1 unspecified atom stereocenters. The van der Waals surface area contributed by atoms with E-state index < -0.39 is 0 Å². The molecule has 1 atom stereocenters. The quantitative estimate of drug-likeness (QED) is 0.631. The van der Waals surface area contributed by atoms with Crippen LogP contribution in [0.3, 0.4) is 0 Å². The second-order valence-electron chi connectivity index (χ2n) is 8.04. The number of ether oxygens (including phenoxy) is 2. The molecule has 0 spiro atoms. The zero-order chi connectivity index (χ0) is 19.8. The van der Waals surface area contributed by atoms with Gasteiger partial charge in [0.2, 0.25) is 0 Å². The number of hydrogen-bond acceptors (Lipinski definition) is 4. The Bertz CT molecular complexity index is 644. The molecule has 1 saturated carbocycles. The lowest BCUT2D eigenvalue weighted by atomic mass is 9.86. The van der Waals surface area contributed by atoms with E-state index in [2.05, 4.69) is 42.6 Å². The van der Waals surface area contributed by atoms with Crippen LogP contribution in [-0.2, 0) is 9.53 Å². The van der Waals surface area contributed by atoms with E-state index >= 15 is 0 Å². The average molecular weight is 386 g/mol. The summed E-state index contributed by atoms with van der Waals surface area (Å²) >= 11 is 0. The molecular weight excluding hydrogens is 350 g/mol. The van der Waals surface area contributed by atoms with E-state index in [0.29, 0.717) is 19.1 Å². The molecule has 1 aliphatic heterocycles. The SMILES string of the molecule is CCOC(=O)CCC1C=C(c2ccc(O[C@H]3CC[C@@H](CC)CC3)cc2)CCN1. The van der Waals surface area contributed by atoms with Gasteiger partial charge in [-0.05, 0) is 81.2 Å².